The van der Waals surface area contributed by atoms with Crippen LogP contribution in [0.1, 0.15) is 33.3 Å². The molecule has 3 nitrogen and oxygen atoms in total. The Bertz CT molecular complexity index is 484. The number of carbonyl (C=O) groups excluding carboxylic acids is 1. The molecule has 0 fully saturated rings. The molecule has 0 aromatic heterocycles. The fraction of sp³-hybridized carbons (Fsp3) is 0.533. The number of rotatable bonds is 5. The molecular weight excluding hydrogens is 266 g/mol. The summed E-state index contributed by atoms with van der Waals surface area (Å²) < 4.78 is 32.1. The van der Waals surface area contributed by atoms with E-state index < -0.39 is 29.1 Å². The maximum atomic E-state index is 13.9. The fourth-order valence-corrected chi connectivity index (χ4v) is 2.44. The smallest absolute Gasteiger partial charge is 0.312 e. The monoisotopic (exact) mass is 286 g/mol. The highest BCUT2D eigenvalue weighted by molar-refractivity contribution is 5.74. The van der Waals surface area contributed by atoms with Gasteiger partial charge in [0.2, 0.25) is 0 Å². The SMILES string of the molecule is CCOC(=O)C(C(C)C)C(C)(O)c1cccc(F)c1F. The van der Waals surface area contributed by atoms with Crippen molar-refractivity contribution in [1.29, 1.82) is 0 Å². The number of hydrogen-bond acceptors (Lipinski definition) is 3. The molecule has 2 unspecified atom stereocenters. The molecule has 0 saturated carbocycles. The van der Waals surface area contributed by atoms with Gasteiger partial charge in [-0.25, -0.2) is 8.78 Å². The zero-order valence-electron chi connectivity index (χ0n) is 12.1. The van der Waals surface area contributed by atoms with Gasteiger partial charge in [0.25, 0.3) is 0 Å². The van der Waals surface area contributed by atoms with Crippen molar-refractivity contribution in [1.82, 2.24) is 0 Å². The van der Waals surface area contributed by atoms with Crippen molar-refractivity contribution < 1.29 is 23.4 Å². The van der Waals surface area contributed by atoms with Crippen LogP contribution < -0.4 is 0 Å². The van der Waals surface area contributed by atoms with Crippen molar-refractivity contribution in [2.24, 2.45) is 11.8 Å². The van der Waals surface area contributed by atoms with E-state index in [0.29, 0.717) is 0 Å². The van der Waals surface area contributed by atoms with Gasteiger partial charge in [-0.3, -0.25) is 4.79 Å². The Balaban J connectivity index is 3.29. The summed E-state index contributed by atoms with van der Waals surface area (Å²) in [5, 5.41) is 10.6. The summed E-state index contributed by atoms with van der Waals surface area (Å²) in [4.78, 5) is 12.0. The highest BCUT2D eigenvalue weighted by atomic mass is 19.2. The molecule has 0 aliphatic heterocycles. The lowest BCUT2D eigenvalue weighted by Crippen LogP contribution is -2.42. The summed E-state index contributed by atoms with van der Waals surface area (Å²) in [6.45, 7) is 6.53. The summed E-state index contributed by atoms with van der Waals surface area (Å²) in [6, 6.07) is 3.53. The van der Waals surface area contributed by atoms with E-state index in [-0.39, 0.29) is 18.1 Å². The lowest BCUT2D eigenvalue weighted by atomic mass is 9.76. The van der Waals surface area contributed by atoms with E-state index in [4.69, 9.17) is 4.74 Å². The summed E-state index contributed by atoms with van der Waals surface area (Å²) >= 11 is 0. The molecule has 0 saturated heterocycles. The van der Waals surface area contributed by atoms with E-state index in [1.165, 1.54) is 19.1 Å². The first-order valence-electron chi connectivity index (χ1n) is 6.57. The molecule has 1 rings (SSSR count). The van der Waals surface area contributed by atoms with Gasteiger partial charge in [-0.15, -0.1) is 0 Å². The lowest BCUT2D eigenvalue weighted by molar-refractivity contribution is -0.161. The van der Waals surface area contributed by atoms with E-state index in [0.717, 1.165) is 6.07 Å². The molecule has 0 radical (unpaired) electrons. The molecule has 0 heterocycles. The first-order valence-corrected chi connectivity index (χ1v) is 6.57. The van der Waals surface area contributed by atoms with E-state index in [2.05, 4.69) is 0 Å². The highest BCUT2D eigenvalue weighted by Crippen LogP contribution is 2.37. The maximum absolute atomic E-state index is 13.9. The normalized spacial score (nSPS) is 15.8. The second-order valence-corrected chi connectivity index (χ2v) is 5.22. The van der Waals surface area contributed by atoms with Gasteiger partial charge in [-0.1, -0.05) is 26.0 Å². The van der Waals surface area contributed by atoms with Crippen molar-refractivity contribution in [2.45, 2.75) is 33.3 Å². The Morgan fingerprint density at radius 3 is 2.50 bits per heavy atom. The van der Waals surface area contributed by atoms with Crippen LogP contribution >= 0.6 is 0 Å². The maximum Gasteiger partial charge on any atom is 0.312 e. The van der Waals surface area contributed by atoms with Crippen LogP contribution in [-0.4, -0.2) is 17.7 Å². The van der Waals surface area contributed by atoms with Crippen LogP contribution in [0, 0.1) is 23.5 Å². The highest BCUT2D eigenvalue weighted by Gasteiger charge is 2.43. The van der Waals surface area contributed by atoms with Gasteiger partial charge in [0.05, 0.1) is 12.5 Å². The molecule has 1 aromatic rings. The molecule has 5 heteroatoms. The molecular formula is C15H20F2O3. The van der Waals surface area contributed by atoms with Crippen molar-refractivity contribution in [3.63, 3.8) is 0 Å². The Hall–Kier alpha value is -1.49. The predicted octanol–water partition coefficient (Wildman–Crippen LogP) is 3.01. The standard InChI is InChI=1S/C15H20F2O3/c1-5-20-14(18)12(9(2)3)15(4,19)10-7-6-8-11(16)13(10)17/h6-9,12,19H,5H2,1-4H3. The molecule has 112 valence electrons. The molecule has 1 aromatic carbocycles. The molecule has 0 bridgehead atoms. The van der Waals surface area contributed by atoms with Crippen LogP contribution in [0.4, 0.5) is 8.78 Å². The quantitative estimate of drug-likeness (QED) is 0.846. The van der Waals surface area contributed by atoms with Crippen molar-refractivity contribution >= 4 is 5.97 Å². The number of carbonyl (C=O) groups is 1. The second-order valence-electron chi connectivity index (χ2n) is 5.22. The first kappa shape index (κ1) is 16.6. The molecule has 1 N–H and O–H groups in total. The van der Waals surface area contributed by atoms with Crippen molar-refractivity contribution in [3.05, 3.63) is 35.4 Å². The van der Waals surface area contributed by atoms with Crippen LogP contribution in [0.15, 0.2) is 18.2 Å². The van der Waals surface area contributed by atoms with Crippen molar-refractivity contribution in [3.8, 4) is 0 Å². The molecule has 0 spiro atoms. The number of hydrogen-bond donors (Lipinski definition) is 1. The van der Waals surface area contributed by atoms with Gasteiger partial charge in [0.1, 0.15) is 5.60 Å². The Morgan fingerprint density at radius 2 is 2.00 bits per heavy atom. The van der Waals surface area contributed by atoms with Crippen molar-refractivity contribution in [2.75, 3.05) is 6.61 Å². The topological polar surface area (TPSA) is 46.5 Å². The number of benzene rings is 1. The minimum absolute atomic E-state index is 0.157. The summed E-state index contributed by atoms with van der Waals surface area (Å²) in [7, 11) is 0. The molecule has 0 aliphatic carbocycles. The first-order chi connectivity index (χ1) is 9.23. The zero-order valence-corrected chi connectivity index (χ0v) is 12.1. The predicted molar refractivity (Wildman–Crippen MR) is 70.9 cm³/mol. The largest absolute Gasteiger partial charge is 0.466 e. The second kappa shape index (κ2) is 6.31. The molecule has 0 aliphatic rings. The number of esters is 1. The van der Waals surface area contributed by atoms with Gasteiger partial charge in [-0.2, -0.15) is 0 Å². The van der Waals surface area contributed by atoms with Crippen LogP contribution in [0.3, 0.4) is 0 Å². The van der Waals surface area contributed by atoms with E-state index in [1.54, 1.807) is 20.8 Å². The van der Waals surface area contributed by atoms with Crippen LogP contribution in [0.5, 0.6) is 0 Å². The van der Waals surface area contributed by atoms with Gasteiger partial charge in [0.15, 0.2) is 11.6 Å². The van der Waals surface area contributed by atoms with Gasteiger partial charge in [-0.05, 0) is 25.8 Å². The number of ether oxygens (including phenoxy) is 1. The third-order valence-corrected chi connectivity index (χ3v) is 3.31. The average Bonchev–Trinajstić information content (AvgIpc) is 2.31. The molecule has 20 heavy (non-hydrogen) atoms. The lowest BCUT2D eigenvalue weighted by Gasteiger charge is -2.34. The van der Waals surface area contributed by atoms with E-state index in [9.17, 15) is 18.7 Å². The van der Waals surface area contributed by atoms with Gasteiger partial charge < -0.3 is 9.84 Å². The van der Waals surface area contributed by atoms with Crippen LogP contribution in [0.25, 0.3) is 0 Å². The minimum atomic E-state index is -1.85. The summed E-state index contributed by atoms with van der Waals surface area (Å²) in [5.74, 6) is -4.12. The summed E-state index contributed by atoms with van der Waals surface area (Å²) in [5.41, 5.74) is -2.10. The fourth-order valence-electron chi connectivity index (χ4n) is 2.44. The van der Waals surface area contributed by atoms with Gasteiger partial charge >= 0.3 is 5.97 Å². The Morgan fingerprint density at radius 1 is 1.40 bits per heavy atom. The Kier molecular flexibility index (Phi) is 5.22. The minimum Gasteiger partial charge on any atom is -0.466 e. The third-order valence-electron chi connectivity index (χ3n) is 3.31. The molecule has 2 atom stereocenters. The van der Waals surface area contributed by atoms with Crippen LogP contribution in [-0.2, 0) is 15.1 Å². The molecule has 0 amide bonds. The number of halogens is 2. The summed E-state index contributed by atoms with van der Waals surface area (Å²) in [6.07, 6.45) is 0. The average molecular weight is 286 g/mol. The van der Waals surface area contributed by atoms with Gasteiger partial charge in [0, 0.05) is 5.56 Å². The third kappa shape index (κ3) is 3.15. The van der Waals surface area contributed by atoms with E-state index in [1.807, 2.05) is 0 Å². The van der Waals surface area contributed by atoms with Crippen LogP contribution in [0.2, 0.25) is 0 Å². The van der Waals surface area contributed by atoms with E-state index >= 15 is 0 Å². The Labute approximate surface area is 117 Å². The number of aliphatic hydroxyl groups is 1. The zero-order chi connectivity index (χ0) is 15.5.